The third kappa shape index (κ3) is 4.14. The number of thiazole rings is 1. The molecule has 160 valence electrons. The number of piperidine rings is 1. The Hall–Kier alpha value is -2.61. The minimum atomic E-state index is -0.285. The quantitative estimate of drug-likeness (QED) is 0.784. The Kier molecular flexibility index (Phi) is 5.94. The van der Waals surface area contributed by atoms with Gasteiger partial charge >= 0.3 is 0 Å². The van der Waals surface area contributed by atoms with E-state index in [9.17, 15) is 9.59 Å². The Balaban J connectivity index is 1.49. The van der Waals surface area contributed by atoms with Crippen molar-refractivity contribution < 1.29 is 19.1 Å². The van der Waals surface area contributed by atoms with Crippen molar-refractivity contribution in [2.45, 2.75) is 38.5 Å². The van der Waals surface area contributed by atoms with E-state index < -0.39 is 0 Å². The average molecular weight is 430 g/mol. The lowest BCUT2D eigenvalue weighted by atomic mass is 9.97. The number of benzene rings is 1. The Bertz CT molecular complexity index is 936. The van der Waals surface area contributed by atoms with Gasteiger partial charge < -0.3 is 14.4 Å². The smallest absolute Gasteiger partial charge is 0.257 e. The van der Waals surface area contributed by atoms with Gasteiger partial charge in [0, 0.05) is 29.6 Å². The molecule has 1 fully saturated rings. The predicted octanol–water partition coefficient (Wildman–Crippen LogP) is 3.70. The lowest BCUT2D eigenvalue weighted by Crippen LogP contribution is -2.41. The molecule has 0 saturated carbocycles. The summed E-state index contributed by atoms with van der Waals surface area (Å²) in [5.74, 6) is 1.34. The van der Waals surface area contributed by atoms with Crippen molar-refractivity contribution in [3.63, 3.8) is 0 Å². The zero-order valence-corrected chi connectivity index (χ0v) is 18.4. The number of methoxy groups -OCH3 is 2. The number of fused-ring (bicyclic) bond motifs is 1. The summed E-state index contributed by atoms with van der Waals surface area (Å²) in [6.45, 7) is 3.86. The Labute approximate surface area is 180 Å². The van der Waals surface area contributed by atoms with Gasteiger partial charge in [0.2, 0.25) is 5.91 Å². The number of rotatable bonds is 5. The van der Waals surface area contributed by atoms with E-state index >= 15 is 0 Å². The highest BCUT2D eigenvalue weighted by molar-refractivity contribution is 7.16. The third-order valence-corrected chi connectivity index (χ3v) is 6.86. The Morgan fingerprint density at radius 1 is 1.17 bits per heavy atom. The number of carbonyl (C=O) groups is 2. The average Bonchev–Trinajstić information content (AvgIpc) is 3.32. The number of aryl methyl sites for hydroxylation is 1. The van der Waals surface area contributed by atoms with Crippen LogP contribution in [0.1, 0.15) is 53.0 Å². The van der Waals surface area contributed by atoms with Crippen molar-refractivity contribution in [1.29, 1.82) is 0 Å². The summed E-state index contributed by atoms with van der Waals surface area (Å²) in [7, 11) is 3.09. The lowest BCUT2D eigenvalue weighted by Gasteiger charge is -2.32. The zero-order valence-electron chi connectivity index (χ0n) is 17.6. The number of aromatic nitrogens is 1. The van der Waals surface area contributed by atoms with Gasteiger partial charge in [-0.15, -0.1) is 11.3 Å². The van der Waals surface area contributed by atoms with Crippen LogP contribution in [0.4, 0.5) is 5.13 Å². The Morgan fingerprint density at radius 3 is 2.57 bits per heavy atom. The molecule has 8 heteroatoms. The van der Waals surface area contributed by atoms with Crippen molar-refractivity contribution in [1.82, 2.24) is 9.88 Å². The van der Waals surface area contributed by atoms with E-state index in [0.29, 0.717) is 28.1 Å². The molecule has 4 rings (SSSR count). The van der Waals surface area contributed by atoms with Gasteiger partial charge in [0.15, 0.2) is 5.13 Å². The number of nitrogens with zero attached hydrogens (tertiary/aromatic N) is 2. The summed E-state index contributed by atoms with van der Waals surface area (Å²) in [5.41, 5.74) is 1.26. The number of anilines is 1. The van der Waals surface area contributed by atoms with E-state index in [1.165, 1.54) is 17.8 Å². The fraction of sp³-hybridized carbons (Fsp3) is 0.500. The molecule has 2 amide bonds. The molecule has 0 spiro atoms. The molecule has 2 atom stereocenters. The third-order valence-electron chi connectivity index (χ3n) is 5.82. The van der Waals surface area contributed by atoms with E-state index in [2.05, 4.69) is 17.2 Å². The highest BCUT2D eigenvalue weighted by atomic mass is 32.1. The molecule has 1 saturated heterocycles. The number of likely N-dealkylation sites (tertiary alicyclic amines) is 1. The Morgan fingerprint density at radius 2 is 1.90 bits per heavy atom. The van der Waals surface area contributed by atoms with Crippen LogP contribution in [0.25, 0.3) is 0 Å². The molecule has 0 bridgehead atoms. The molecule has 1 aromatic carbocycles. The lowest BCUT2D eigenvalue weighted by molar-refractivity contribution is -0.134. The van der Waals surface area contributed by atoms with E-state index in [1.807, 2.05) is 4.90 Å². The molecule has 1 aromatic heterocycles. The monoisotopic (exact) mass is 429 g/mol. The largest absolute Gasteiger partial charge is 0.497 e. The maximum atomic E-state index is 13.1. The van der Waals surface area contributed by atoms with E-state index in [-0.39, 0.29) is 17.7 Å². The van der Waals surface area contributed by atoms with Crippen molar-refractivity contribution in [2.75, 3.05) is 32.6 Å². The predicted molar refractivity (Wildman–Crippen MR) is 116 cm³/mol. The van der Waals surface area contributed by atoms with Crippen LogP contribution in [0.2, 0.25) is 0 Å². The van der Waals surface area contributed by atoms with Crippen molar-refractivity contribution >= 4 is 28.3 Å². The van der Waals surface area contributed by atoms with Gasteiger partial charge in [-0.2, -0.15) is 0 Å². The second-order valence-corrected chi connectivity index (χ2v) is 9.09. The summed E-state index contributed by atoms with van der Waals surface area (Å²) in [6, 6.07) is 5.03. The van der Waals surface area contributed by atoms with Crippen LogP contribution < -0.4 is 14.8 Å². The molecule has 2 unspecified atom stereocenters. The van der Waals surface area contributed by atoms with Crippen LogP contribution >= 0.6 is 11.3 Å². The summed E-state index contributed by atoms with van der Waals surface area (Å²) in [6.07, 6.45) is 3.88. The molecule has 0 radical (unpaired) electrons. The first-order valence-corrected chi connectivity index (χ1v) is 11.1. The number of hydrogen-bond donors (Lipinski definition) is 1. The SMILES string of the molecule is COc1cc(OC)cc(C(=O)Nc2nc3c(s2)CCC3C(=O)N2CCCC(C)C2)c1. The first-order chi connectivity index (χ1) is 14.5. The molecule has 30 heavy (non-hydrogen) atoms. The summed E-state index contributed by atoms with van der Waals surface area (Å²) >= 11 is 1.46. The molecular formula is C22H27N3O4S. The second kappa shape index (κ2) is 8.63. The van der Waals surface area contributed by atoms with Gasteiger partial charge in [-0.05, 0) is 43.7 Å². The van der Waals surface area contributed by atoms with Crippen molar-refractivity contribution in [3.8, 4) is 11.5 Å². The molecule has 2 aliphatic rings. The summed E-state index contributed by atoms with van der Waals surface area (Å²) in [5, 5.41) is 3.39. The number of amides is 2. The van der Waals surface area contributed by atoms with Crippen molar-refractivity contribution in [3.05, 3.63) is 34.3 Å². The maximum absolute atomic E-state index is 13.1. The van der Waals surface area contributed by atoms with Gasteiger partial charge in [0.1, 0.15) is 11.5 Å². The number of ether oxygens (including phenoxy) is 2. The molecule has 1 aliphatic heterocycles. The van der Waals surface area contributed by atoms with Gasteiger partial charge in [-0.1, -0.05) is 6.92 Å². The standard InChI is InChI=1S/C22H27N3O4S/c1-13-5-4-8-25(12-13)21(27)17-6-7-18-19(17)23-22(30-18)24-20(26)14-9-15(28-2)11-16(10-14)29-3/h9-11,13,17H,4-8,12H2,1-3H3,(H,23,24,26). The molecule has 2 aromatic rings. The highest BCUT2D eigenvalue weighted by Gasteiger charge is 2.36. The topological polar surface area (TPSA) is 80.8 Å². The molecule has 1 N–H and O–H groups in total. The van der Waals surface area contributed by atoms with E-state index in [0.717, 1.165) is 42.9 Å². The van der Waals surface area contributed by atoms with Gasteiger partial charge in [-0.3, -0.25) is 14.9 Å². The van der Waals surface area contributed by atoms with E-state index in [1.54, 1.807) is 32.4 Å². The van der Waals surface area contributed by atoms with Crippen LogP contribution in [-0.2, 0) is 11.2 Å². The molecular weight excluding hydrogens is 402 g/mol. The maximum Gasteiger partial charge on any atom is 0.257 e. The first-order valence-electron chi connectivity index (χ1n) is 10.3. The number of hydrogen-bond acceptors (Lipinski definition) is 6. The summed E-state index contributed by atoms with van der Waals surface area (Å²) in [4.78, 5) is 33.5. The van der Waals surface area contributed by atoms with Gasteiger partial charge in [0.25, 0.3) is 5.91 Å². The second-order valence-electron chi connectivity index (χ2n) is 8.01. The molecule has 2 heterocycles. The van der Waals surface area contributed by atoms with Crippen molar-refractivity contribution in [2.24, 2.45) is 5.92 Å². The van der Waals surface area contributed by atoms with Crippen LogP contribution in [0.3, 0.4) is 0 Å². The van der Waals surface area contributed by atoms with E-state index in [4.69, 9.17) is 9.47 Å². The van der Waals surface area contributed by atoms with Crippen LogP contribution in [0.15, 0.2) is 18.2 Å². The highest BCUT2D eigenvalue weighted by Crippen LogP contribution is 2.40. The van der Waals surface area contributed by atoms with Gasteiger partial charge in [-0.25, -0.2) is 4.98 Å². The van der Waals surface area contributed by atoms with Gasteiger partial charge in [0.05, 0.1) is 25.8 Å². The van der Waals surface area contributed by atoms with Crippen LogP contribution in [0, 0.1) is 5.92 Å². The fourth-order valence-corrected chi connectivity index (χ4v) is 5.27. The molecule has 1 aliphatic carbocycles. The number of carbonyl (C=O) groups excluding carboxylic acids is 2. The van der Waals surface area contributed by atoms with Crippen LogP contribution in [0.5, 0.6) is 11.5 Å². The molecule has 7 nitrogen and oxygen atoms in total. The normalized spacial score (nSPS) is 20.6. The fourth-order valence-electron chi connectivity index (χ4n) is 4.24. The van der Waals surface area contributed by atoms with Crippen LogP contribution in [-0.4, -0.2) is 49.0 Å². The number of nitrogens with one attached hydrogen (secondary N) is 1. The zero-order chi connectivity index (χ0) is 21.3. The minimum Gasteiger partial charge on any atom is -0.497 e. The minimum absolute atomic E-state index is 0.181. The first kappa shape index (κ1) is 20.7. The summed E-state index contributed by atoms with van der Waals surface area (Å²) < 4.78 is 10.5.